The molecule has 3 aromatic rings. The molecule has 0 aliphatic carbocycles. The zero-order chi connectivity index (χ0) is 17.4. The van der Waals surface area contributed by atoms with E-state index in [1.165, 1.54) is 0 Å². The van der Waals surface area contributed by atoms with Crippen LogP contribution in [0.15, 0.2) is 40.8 Å². The zero-order valence-corrected chi connectivity index (χ0v) is 13.3. The van der Waals surface area contributed by atoms with Crippen LogP contribution in [0.3, 0.4) is 0 Å². The monoisotopic (exact) mass is 324 g/mol. The number of carboxylic acid groups (broad SMARTS) is 1. The Morgan fingerprint density at radius 3 is 2.33 bits per heavy atom. The Morgan fingerprint density at radius 2 is 1.71 bits per heavy atom. The molecule has 0 aliphatic rings. The Labute approximate surface area is 138 Å². The molecule has 0 spiro atoms. The number of fused-ring (bicyclic) bond motifs is 1. The fourth-order valence-corrected chi connectivity index (χ4v) is 2.84. The van der Waals surface area contributed by atoms with Gasteiger partial charge < -0.3 is 14.6 Å². The summed E-state index contributed by atoms with van der Waals surface area (Å²) in [7, 11) is 0. The predicted octanol–water partition coefficient (Wildman–Crippen LogP) is 3.61. The van der Waals surface area contributed by atoms with Gasteiger partial charge in [0.15, 0.2) is 5.78 Å². The summed E-state index contributed by atoms with van der Waals surface area (Å²) in [5.41, 5.74) is 2.31. The van der Waals surface area contributed by atoms with E-state index in [4.69, 9.17) is 9.52 Å². The molecule has 5 nitrogen and oxygen atoms in total. The molecule has 0 bridgehead atoms. The van der Waals surface area contributed by atoms with Crippen molar-refractivity contribution >= 4 is 22.7 Å². The van der Waals surface area contributed by atoms with E-state index in [2.05, 4.69) is 0 Å². The van der Waals surface area contributed by atoms with Gasteiger partial charge in [0.2, 0.25) is 0 Å². The van der Waals surface area contributed by atoms with Gasteiger partial charge in [0.05, 0.1) is 5.56 Å². The van der Waals surface area contributed by atoms with Crippen LogP contribution in [0.25, 0.3) is 11.0 Å². The number of rotatable bonds is 4. The van der Waals surface area contributed by atoms with Crippen LogP contribution >= 0.6 is 0 Å². The number of aromatic hydroxyl groups is 1. The number of phenols is 1. The summed E-state index contributed by atoms with van der Waals surface area (Å²) < 4.78 is 5.59. The third-order valence-corrected chi connectivity index (χ3v) is 3.96. The first-order chi connectivity index (χ1) is 11.4. The summed E-state index contributed by atoms with van der Waals surface area (Å²) in [5.74, 6) is -1.10. The van der Waals surface area contributed by atoms with Gasteiger partial charge in [-0.25, -0.2) is 0 Å². The highest BCUT2D eigenvalue weighted by molar-refractivity contribution is 6.17. The molecule has 0 saturated heterocycles. The van der Waals surface area contributed by atoms with Crippen molar-refractivity contribution in [3.8, 4) is 5.75 Å². The molecule has 2 N–H and O–H groups in total. The number of furan rings is 1. The van der Waals surface area contributed by atoms with Gasteiger partial charge in [0.25, 0.3) is 0 Å². The number of carbonyl (C=O) groups excluding carboxylic acids is 1. The van der Waals surface area contributed by atoms with Crippen molar-refractivity contribution in [1.82, 2.24) is 0 Å². The van der Waals surface area contributed by atoms with E-state index < -0.39 is 5.97 Å². The molecule has 0 unspecified atom stereocenters. The van der Waals surface area contributed by atoms with Crippen molar-refractivity contribution in [2.75, 3.05) is 0 Å². The van der Waals surface area contributed by atoms with Crippen LogP contribution in [0.4, 0.5) is 0 Å². The van der Waals surface area contributed by atoms with Gasteiger partial charge in [-0.1, -0.05) is 18.2 Å². The number of carbonyl (C=O) groups is 2. The number of phenolic OH excluding ortho intramolecular Hbond substituents is 1. The maximum atomic E-state index is 13.0. The molecular weight excluding hydrogens is 308 g/mol. The van der Waals surface area contributed by atoms with Crippen molar-refractivity contribution in [3.63, 3.8) is 0 Å². The van der Waals surface area contributed by atoms with Crippen molar-refractivity contribution in [2.45, 2.75) is 20.3 Å². The molecule has 2 aromatic carbocycles. The lowest BCUT2D eigenvalue weighted by Crippen LogP contribution is -2.08. The number of carboxylic acids is 1. The van der Waals surface area contributed by atoms with Crippen molar-refractivity contribution in [2.24, 2.45) is 0 Å². The second kappa shape index (κ2) is 5.85. The Morgan fingerprint density at radius 1 is 1.08 bits per heavy atom. The highest BCUT2D eigenvalue weighted by Crippen LogP contribution is 2.30. The van der Waals surface area contributed by atoms with Gasteiger partial charge in [-0.15, -0.1) is 0 Å². The van der Waals surface area contributed by atoms with Crippen LogP contribution in [-0.2, 0) is 11.2 Å². The zero-order valence-electron chi connectivity index (χ0n) is 13.3. The van der Waals surface area contributed by atoms with E-state index in [1.807, 2.05) is 0 Å². The number of aliphatic carboxylic acids is 1. The molecule has 0 saturated carbocycles. The number of benzene rings is 2. The summed E-state index contributed by atoms with van der Waals surface area (Å²) in [6, 6.07) is 10.2. The van der Waals surface area contributed by atoms with E-state index >= 15 is 0 Å². The smallest absolute Gasteiger partial charge is 0.311 e. The molecule has 24 heavy (non-hydrogen) atoms. The molecule has 1 heterocycles. The van der Waals surface area contributed by atoms with Gasteiger partial charge in [0, 0.05) is 10.9 Å². The molecule has 0 fully saturated rings. The fourth-order valence-electron chi connectivity index (χ4n) is 2.84. The van der Waals surface area contributed by atoms with E-state index in [-0.39, 0.29) is 29.3 Å². The summed E-state index contributed by atoms with van der Waals surface area (Å²) in [4.78, 5) is 24.1. The number of aryl methyl sites for hydroxylation is 2. The lowest BCUT2D eigenvalue weighted by atomic mass is 9.96. The standard InChI is InChI=1S/C19H16O5/c1-10-7-12(8-11(2)18(10)22)19(23)17-13-5-3-4-6-14(13)24-15(17)9-16(20)21/h3-8,22H,9H2,1-2H3,(H,20,21). The summed E-state index contributed by atoms with van der Waals surface area (Å²) >= 11 is 0. The Hall–Kier alpha value is -3.08. The van der Waals surface area contributed by atoms with Gasteiger partial charge in [0.1, 0.15) is 23.5 Å². The minimum Gasteiger partial charge on any atom is -0.507 e. The van der Waals surface area contributed by atoms with Crippen LogP contribution in [0, 0.1) is 13.8 Å². The second-order valence-corrected chi connectivity index (χ2v) is 5.75. The van der Waals surface area contributed by atoms with Crippen molar-refractivity contribution < 1.29 is 24.2 Å². The minimum absolute atomic E-state index is 0.136. The number of hydrogen-bond donors (Lipinski definition) is 2. The van der Waals surface area contributed by atoms with Crippen molar-refractivity contribution in [3.05, 3.63) is 64.4 Å². The normalized spacial score (nSPS) is 10.9. The molecule has 0 radical (unpaired) electrons. The third-order valence-electron chi connectivity index (χ3n) is 3.96. The van der Waals surface area contributed by atoms with Crippen LogP contribution in [0.5, 0.6) is 5.75 Å². The minimum atomic E-state index is -1.07. The Bertz CT molecular complexity index is 942. The number of hydrogen-bond acceptors (Lipinski definition) is 4. The predicted molar refractivity (Wildman–Crippen MR) is 88.6 cm³/mol. The van der Waals surface area contributed by atoms with Gasteiger partial charge >= 0.3 is 5.97 Å². The molecule has 0 aliphatic heterocycles. The van der Waals surface area contributed by atoms with Gasteiger partial charge in [-0.3, -0.25) is 9.59 Å². The Balaban J connectivity index is 2.20. The highest BCUT2D eigenvalue weighted by atomic mass is 16.4. The largest absolute Gasteiger partial charge is 0.507 e. The molecule has 0 atom stereocenters. The van der Waals surface area contributed by atoms with Crippen LogP contribution in [-0.4, -0.2) is 22.0 Å². The quantitative estimate of drug-likeness (QED) is 0.716. The average Bonchev–Trinajstić information content (AvgIpc) is 2.88. The van der Waals surface area contributed by atoms with E-state index in [0.29, 0.717) is 27.7 Å². The second-order valence-electron chi connectivity index (χ2n) is 5.75. The van der Waals surface area contributed by atoms with Gasteiger partial charge in [-0.05, 0) is 43.2 Å². The lowest BCUT2D eigenvalue weighted by Gasteiger charge is -2.07. The fraction of sp³-hybridized carbons (Fsp3) is 0.158. The maximum Gasteiger partial charge on any atom is 0.311 e. The number of para-hydroxylation sites is 1. The molecule has 0 amide bonds. The van der Waals surface area contributed by atoms with Crippen molar-refractivity contribution in [1.29, 1.82) is 0 Å². The average molecular weight is 324 g/mol. The van der Waals surface area contributed by atoms with E-state index in [0.717, 1.165) is 0 Å². The summed E-state index contributed by atoms with van der Waals surface area (Å²) in [6.45, 7) is 3.43. The highest BCUT2D eigenvalue weighted by Gasteiger charge is 2.24. The topological polar surface area (TPSA) is 87.7 Å². The first-order valence-corrected chi connectivity index (χ1v) is 7.45. The Kier molecular flexibility index (Phi) is 3.85. The molecule has 3 rings (SSSR count). The third kappa shape index (κ3) is 2.65. The number of ketones is 1. The van der Waals surface area contributed by atoms with E-state index in [9.17, 15) is 14.7 Å². The van der Waals surface area contributed by atoms with Crippen LogP contribution in [0.2, 0.25) is 0 Å². The summed E-state index contributed by atoms with van der Waals surface area (Å²) in [6.07, 6.45) is -0.369. The first-order valence-electron chi connectivity index (χ1n) is 7.45. The SMILES string of the molecule is Cc1cc(C(=O)c2c(CC(=O)O)oc3ccccc23)cc(C)c1O. The molecule has 122 valence electrons. The first kappa shape index (κ1) is 15.8. The van der Waals surface area contributed by atoms with E-state index in [1.54, 1.807) is 50.2 Å². The van der Waals surface area contributed by atoms with Gasteiger partial charge in [-0.2, -0.15) is 0 Å². The van der Waals surface area contributed by atoms with Crippen LogP contribution < -0.4 is 0 Å². The van der Waals surface area contributed by atoms with Crippen LogP contribution in [0.1, 0.15) is 32.8 Å². The maximum absolute atomic E-state index is 13.0. The molecule has 5 heteroatoms. The lowest BCUT2D eigenvalue weighted by molar-refractivity contribution is -0.136. The molecular formula is C19H16O5. The molecule has 1 aromatic heterocycles. The summed E-state index contributed by atoms with van der Waals surface area (Å²) in [5, 5.41) is 19.6.